The number of nitrogens with zero attached hydrogens (tertiary/aromatic N) is 1. The molecule has 0 unspecified atom stereocenters. The Kier molecular flexibility index (Phi) is 9.28. The summed E-state index contributed by atoms with van der Waals surface area (Å²) in [5.41, 5.74) is -1.19. The van der Waals surface area contributed by atoms with Gasteiger partial charge in [-0.3, -0.25) is 4.57 Å². The molecule has 0 bridgehead atoms. The van der Waals surface area contributed by atoms with Crippen molar-refractivity contribution >= 4 is 11.0 Å². The van der Waals surface area contributed by atoms with E-state index in [1.54, 1.807) is 0 Å². The second kappa shape index (κ2) is 12.2. The van der Waals surface area contributed by atoms with E-state index >= 15 is 0 Å². The lowest BCUT2D eigenvalue weighted by molar-refractivity contribution is -0.136. The van der Waals surface area contributed by atoms with E-state index in [1.165, 1.54) is 16.8 Å². The number of H-pyrrole nitrogens is 1. The van der Waals surface area contributed by atoms with Gasteiger partial charge in [0.2, 0.25) is 5.88 Å². The van der Waals surface area contributed by atoms with E-state index in [9.17, 15) is 27.9 Å². The SMILES string of the molecule is CCCc1cc2c(C(F)(F)F)cc(=O)oc2c(CCC)c1OCCCCCCCn1c(O)c[nH]c1=O. The highest BCUT2D eigenvalue weighted by molar-refractivity contribution is 5.87. The number of alkyl halides is 3. The molecule has 0 spiro atoms. The predicted octanol–water partition coefficient (Wildman–Crippen LogP) is 5.94. The van der Waals surface area contributed by atoms with Crippen molar-refractivity contribution in [2.45, 2.75) is 84.4 Å². The fraction of sp³-hybridized carbons (Fsp3) is 0.538. The van der Waals surface area contributed by atoms with E-state index in [2.05, 4.69) is 4.98 Å². The van der Waals surface area contributed by atoms with Gasteiger partial charge >= 0.3 is 17.5 Å². The Hall–Kier alpha value is -3.17. The number of imidazole rings is 1. The fourth-order valence-corrected chi connectivity index (χ4v) is 4.43. The van der Waals surface area contributed by atoms with Crippen molar-refractivity contribution in [3.05, 3.63) is 55.9 Å². The van der Waals surface area contributed by atoms with Crippen molar-refractivity contribution in [2.75, 3.05) is 6.61 Å². The van der Waals surface area contributed by atoms with Gasteiger partial charge in [-0.1, -0.05) is 46.0 Å². The highest BCUT2D eigenvalue weighted by atomic mass is 19.4. The van der Waals surface area contributed by atoms with Crippen LogP contribution < -0.4 is 16.1 Å². The molecule has 0 aliphatic heterocycles. The first-order valence-corrected chi connectivity index (χ1v) is 12.5. The molecular weight excluding hydrogens is 477 g/mol. The summed E-state index contributed by atoms with van der Waals surface area (Å²) in [5, 5.41) is 9.50. The lowest BCUT2D eigenvalue weighted by Crippen LogP contribution is -2.16. The number of unbranched alkanes of at least 4 members (excludes halogenated alkanes) is 4. The second-order valence-electron chi connectivity index (χ2n) is 8.92. The van der Waals surface area contributed by atoms with Crippen molar-refractivity contribution in [1.82, 2.24) is 9.55 Å². The highest BCUT2D eigenvalue weighted by Crippen LogP contribution is 2.40. The van der Waals surface area contributed by atoms with Gasteiger partial charge in [-0.2, -0.15) is 13.2 Å². The molecule has 0 radical (unpaired) electrons. The van der Waals surface area contributed by atoms with Crippen molar-refractivity contribution in [3.63, 3.8) is 0 Å². The van der Waals surface area contributed by atoms with E-state index in [1.807, 2.05) is 13.8 Å². The highest BCUT2D eigenvalue weighted by Gasteiger charge is 2.35. The van der Waals surface area contributed by atoms with Gasteiger partial charge in [0.1, 0.15) is 11.3 Å². The smallest absolute Gasteiger partial charge is 0.417 e. The summed E-state index contributed by atoms with van der Waals surface area (Å²) in [7, 11) is 0. The summed E-state index contributed by atoms with van der Waals surface area (Å²) in [4.78, 5) is 26.0. The molecule has 0 saturated heterocycles. The van der Waals surface area contributed by atoms with Crippen LogP contribution in [0, 0.1) is 0 Å². The van der Waals surface area contributed by atoms with Gasteiger partial charge in [0.15, 0.2) is 0 Å². The standard InChI is InChI=1S/C26H33F3N2O5/c1-3-10-17-14-19-20(26(27,28)29)15-22(33)36-24(19)18(11-4-2)23(17)35-13-9-7-5-6-8-12-31-21(32)16-30-25(31)34/h14-16,32H,3-13H2,1-2H3,(H,30,34). The number of hydrogen-bond donors (Lipinski definition) is 2. The third-order valence-corrected chi connectivity index (χ3v) is 6.10. The first kappa shape index (κ1) is 27.4. The fourth-order valence-electron chi connectivity index (χ4n) is 4.43. The molecule has 36 heavy (non-hydrogen) atoms. The molecule has 2 heterocycles. The average molecular weight is 511 g/mol. The lowest BCUT2D eigenvalue weighted by atomic mass is 9.96. The van der Waals surface area contributed by atoms with Gasteiger partial charge in [0.05, 0.1) is 18.4 Å². The largest absolute Gasteiger partial charge is 0.493 e. The number of aryl methyl sites for hydroxylation is 2. The first-order valence-electron chi connectivity index (χ1n) is 12.5. The zero-order chi connectivity index (χ0) is 26.3. The van der Waals surface area contributed by atoms with Crippen LogP contribution in [0.15, 0.2) is 32.3 Å². The molecule has 198 valence electrons. The van der Waals surface area contributed by atoms with E-state index in [-0.39, 0.29) is 22.5 Å². The third kappa shape index (κ3) is 6.53. The third-order valence-electron chi connectivity index (χ3n) is 6.10. The molecule has 0 aliphatic carbocycles. The molecule has 2 aromatic heterocycles. The van der Waals surface area contributed by atoms with E-state index in [0.717, 1.165) is 38.5 Å². The van der Waals surface area contributed by atoms with Gasteiger partial charge < -0.3 is 19.2 Å². The van der Waals surface area contributed by atoms with Crippen LogP contribution in [0.25, 0.3) is 11.0 Å². The number of aromatic nitrogens is 2. The monoisotopic (exact) mass is 510 g/mol. The number of benzene rings is 1. The maximum Gasteiger partial charge on any atom is 0.417 e. The number of aromatic amines is 1. The lowest BCUT2D eigenvalue weighted by Gasteiger charge is -2.19. The second-order valence-corrected chi connectivity index (χ2v) is 8.92. The predicted molar refractivity (Wildman–Crippen MR) is 131 cm³/mol. The maximum absolute atomic E-state index is 13.7. The zero-order valence-electron chi connectivity index (χ0n) is 20.7. The Labute approximate surface area is 206 Å². The van der Waals surface area contributed by atoms with Crippen LogP contribution in [0.2, 0.25) is 0 Å². The summed E-state index contributed by atoms with van der Waals surface area (Å²) in [6.45, 7) is 4.69. The Balaban J connectivity index is 1.70. The van der Waals surface area contributed by atoms with Gasteiger partial charge in [0.25, 0.3) is 0 Å². The summed E-state index contributed by atoms with van der Waals surface area (Å²) >= 11 is 0. The summed E-state index contributed by atoms with van der Waals surface area (Å²) in [6, 6.07) is 1.97. The molecule has 2 N–H and O–H groups in total. The molecular formula is C26H33F3N2O5. The van der Waals surface area contributed by atoms with Gasteiger partial charge in [-0.25, -0.2) is 9.59 Å². The van der Waals surface area contributed by atoms with E-state index < -0.39 is 17.4 Å². The van der Waals surface area contributed by atoms with Gasteiger partial charge in [-0.05, 0) is 37.3 Å². The van der Waals surface area contributed by atoms with Gasteiger partial charge in [0, 0.05) is 23.6 Å². The first-order chi connectivity index (χ1) is 17.2. The van der Waals surface area contributed by atoms with Crippen LogP contribution in [0.5, 0.6) is 11.6 Å². The molecule has 3 rings (SSSR count). The zero-order valence-corrected chi connectivity index (χ0v) is 20.7. The molecule has 7 nitrogen and oxygen atoms in total. The number of halogens is 3. The number of hydrogen-bond acceptors (Lipinski definition) is 5. The van der Waals surface area contributed by atoms with Crippen LogP contribution >= 0.6 is 0 Å². The molecule has 0 aliphatic rings. The molecule has 1 aromatic carbocycles. The minimum atomic E-state index is -4.67. The summed E-state index contributed by atoms with van der Waals surface area (Å²) in [5.74, 6) is 0.448. The van der Waals surface area contributed by atoms with Crippen molar-refractivity contribution in [3.8, 4) is 11.6 Å². The topological polar surface area (TPSA) is 97.5 Å². The van der Waals surface area contributed by atoms with Crippen molar-refractivity contribution in [2.24, 2.45) is 0 Å². The van der Waals surface area contributed by atoms with E-state index in [4.69, 9.17) is 9.15 Å². The van der Waals surface area contributed by atoms with Crippen LogP contribution in [-0.4, -0.2) is 21.3 Å². The quantitative estimate of drug-likeness (QED) is 0.219. The van der Waals surface area contributed by atoms with Crippen molar-refractivity contribution < 1.29 is 27.4 Å². The molecule has 0 atom stereocenters. The van der Waals surface area contributed by atoms with Crippen LogP contribution in [0.3, 0.4) is 0 Å². The Morgan fingerprint density at radius 2 is 1.72 bits per heavy atom. The molecule has 0 saturated carbocycles. The summed E-state index contributed by atoms with van der Waals surface area (Å²) in [6.07, 6.45) is 3.11. The Morgan fingerprint density at radius 1 is 1.03 bits per heavy atom. The Morgan fingerprint density at radius 3 is 2.36 bits per heavy atom. The molecule has 3 aromatic rings. The summed E-state index contributed by atoms with van der Waals surface area (Å²) < 4.78 is 53.8. The van der Waals surface area contributed by atoms with Crippen molar-refractivity contribution in [1.29, 1.82) is 0 Å². The molecule has 10 heteroatoms. The van der Waals surface area contributed by atoms with Gasteiger partial charge in [-0.15, -0.1) is 0 Å². The molecule has 0 amide bonds. The van der Waals surface area contributed by atoms with E-state index in [0.29, 0.717) is 55.4 Å². The average Bonchev–Trinajstić information content (AvgIpc) is 3.13. The van der Waals surface area contributed by atoms with Crippen LogP contribution in [0.4, 0.5) is 13.2 Å². The minimum Gasteiger partial charge on any atom is -0.493 e. The normalized spacial score (nSPS) is 11.9. The number of fused-ring (bicyclic) bond motifs is 1. The maximum atomic E-state index is 13.7. The Bertz CT molecular complexity index is 1270. The molecule has 0 fully saturated rings. The number of ether oxygens (including phenoxy) is 1. The number of rotatable bonds is 13. The number of nitrogens with one attached hydrogen (secondary N) is 1. The van der Waals surface area contributed by atoms with Crippen LogP contribution in [0.1, 0.15) is 75.5 Å². The van der Waals surface area contributed by atoms with Crippen LogP contribution in [-0.2, 0) is 25.6 Å². The minimum absolute atomic E-state index is 0.0465. The number of aromatic hydroxyl groups is 1.